The molecule has 1 unspecified atom stereocenters. The summed E-state index contributed by atoms with van der Waals surface area (Å²) >= 11 is 11.6. The van der Waals surface area contributed by atoms with Gasteiger partial charge in [-0.05, 0) is 49.4 Å². The first-order valence-corrected chi connectivity index (χ1v) is 8.25. The minimum atomic E-state index is 0.367. The van der Waals surface area contributed by atoms with Gasteiger partial charge in [0.05, 0.1) is 5.69 Å². The predicted molar refractivity (Wildman–Crippen MR) is 85.2 cm³/mol. The van der Waals surface area contributed by atoms with Crippen molar-refractivity contribution >= 4 is 44.0 Å². The summed E-state index contributed by atoms with van der Waals surface area (Å²) in [5, 5.41) is 1.49. The molecule has 100 valence electrons. The second-order valence-electron chi connectivity index (χ2n) is 4.93. The number of nitrogen functional groups attached to an aromatic ring is 1. The van der Waals surface area contributed by atoms with E-state index in [0.29, 0.717) is 11.0 Å². The summed E-state index contributed by atoms with van der Waals surface area (Å²) in [6.45, 7) is 2.02. The fourth-order valence-electron chi connectivity index (χ4n) is 2.66. The van der Waals surface area contributed by atoms with E-state index in [-0.39, 0.29) is 0 Å². The van der Waals surface area contributed by atoms with E-state index >= 15 is 0 Å². The molecule has 0 amide bonds. The van der Waals surface area contributed by atoms with Gasteiger partial charge in [-0.3, -0.25) is 0 Å². The largest absolute Gasteiger partial charge is 0.375 e. The van der Waals surface area contributed by atoms with Crippen LogP contribution in [0.15, 0.2) is 16.6 Å². The van der Waals surface area contributed by atoms with Gasteiger partial charge >= 0.3 is 0 Å². The summed E-state index contributed by atoms with van der Waals surface area (Å²) in [6.07, 6.45) is 3.32. The third kappa shape index (κ3) is 2.41. The van der Waals surface area contributed by atoms with Crippen molar-refractivity contribution in [3.63, 3.8) is 0 Å². The molecule has 1 aliphatic rings. The Labute approximate surface area is 130 Å². The lowest BCUT2D eigenvalue weighted by Crippen LogP contribution is -2.09. The molecule has 1 heterocycles. The van der Waals surface area contributed by atoms with E-state index in [4.69, 9.17) is 17.3 Å². The van der Waals surface area contributed by atoms with Crippen molar-refractivity contribution in [2.75, 3.05) is 5.73 Å². The van der Waals surface area contributed by atoms with E-state index < -0.39 is 0 Å². The van der Waals surface area contributed by atoms with Gasteiger partial charge in [-0.15, -0.1) is 11.3 Å². The number of rotatable bonds is 1. The van der Waals surface area contributed by atoms with Crippen molar-refractivity contribution in [2.24, 2.45) is 0 Å². The van der Waals surface area contributed by atoms with Crippen LogP contribution in [0.25, 0.3) is 0 Å². The highest BCUT2D eigenvalue weighted by atomic mass is 79.9. The zero-order chi connectivity index (χ0) is 13.6. The zero-order valence-electron chi connectivity index (χ0n) is 10.5. The molecule has 0 saturated heterocycles. The number of aromatic nitrogens is 1. The summed E-state index contributed by atoms with van der Waals surface area (Å²) in [5.41, 5.74) is 9.37. The lowest BCUT2D eigenvalue weighted by molar-refractivity contribution is 0.615. The van der Waals surface area contributed by atoms with Crippen LogP contribution in [-0.4, -0.2) is 4.98 Å². The van der Waals surface area contributed by atoms with Crippen molar-refractivity contribution in [1.29, 1.82) is 0 Å². The van der Waals surface area contributed by atoms with Gasteiger partial charge in [0.15, 0.2) is 5.13 Å². The average molecular weight is 358 g/mol. The van der Waals surface area contributed by atoms with Crippen molar-refractivity contribution < 1.29 is 0 Å². The maximum Gasteiger partial charge on any atom is 0.180 e. The van der Waals surface area contributed by atoms with E-state index in [1.807, 2.05) is 6.92 Å². The van der Waals surface area contributed by atoms with Gasteiger partial charge in [0.1, 0.15) is 0 Å². The van der Waals surface area contributed by atoms with Crippen molar-refractivity contribution in [3.8, 4) is 0 Å². The number of anilines is 1. The Bertz CT molecular complexity index is 639. The lowest BCUT2D eigenvalue weighted by atomic mass is 9.86. The molecule has 2 aromatic rings. The van der Waals surface area contributed by atoms with Crippen LogP contribution >= 0.6 is 38.9 Å². The third-order valence-corrected chi connectivity index (χ3v) is 5.75. The number of thiazole rings is 1. The summed E-state index contributed by atoms with van der Waals surface area (Å²) in [5.74, 6) is 0.367. The van der Waals surface area contributed by atoms with Crippen molar-refractivity contribution in [2.45, 2.75) is 32.1 Å². The molecule has 0 radical (unpaired) electrons. The molecule has 0 saturated carbocycles. The number of benzene rings is 1. The van der Waals surface area contributed by atoms with E-state index in [2.05, 4.69) is 33.0 Å². The molecule has 0 aliphatic heterocycles. The minimum absolute atomic E-state index is 0.367. The molecular formula is C14H14BrClN2S. The summed E-state index contributed by atoms with van der Waals surface area (Å²) < 4.78 is 1.12. The molecular weight excluding hydrogens is 344 g/mol. The average Bonchev–Trinajstić information content (AvgIpc) is 2.74. The summed E-state index contributed by atoms with van der Waals surface area (Å²) in [7, 11) is 0. The molecule has 5 heteroatoms. The number of nitrogens with two attached hydrogens (primary N) is 1. The highest BCUT2D eigenvalue weighted by Crippen LogP contribution is 2.44. The Hall–Kier alpha value is -0.580. The van der Waals surface area contributed by atoms with Crippen LogP contribution in [0.2, 0.25) is 5.02 Å². The summed E-state index contributed by atoms with van der Waals surface area (Å²) in [6, 6.07) is 4.17. The highest BCUT2D eigenvalue weighted by molar-refractivity contribution is 9.10. The Kier molecular flexibility index (Phi) is 3.58. The van der Waals surface area contributed by atoms with E-state index in [0.717, 1.165) is 34.3 Å². The first-order chi connectivity index (χ1) is 9.06. The molecule has 1 atom stereocenters. The molecule has 19 heavy (non-hydrogen) atoms. The Balaban J connectivity index is 2.11. The maximum absolute atomic E-state index is 6.28. The molecule has 1 aromatic heterocycles. The van der Waals surface area contributed by atoms with E-state index in [1.54, 1.807) is 11.3 Å². The molecule has 0 fully saturated rings. The van der Waals surface area contributed by atoms with Gasteiger partial charge in [-0.25, -0.2) is 4.98 Å². The van der Waals surface area contributed by atoms with Gasteiger partial charge in [0.25, 0.3) is 0 Å². The standard InChI is InChI=1S/C14H14BrClN2S/c1-7-5-10(15)9(6-11(7)16)8-3-2-4-12-13(8)19-14(17)18-12/h5-6,8H,2-4H2,1H3,(H2,17,18). The van der Waals surface area contributed by atoms with Crippen LogP contribution in [0, 0.1) is 6.92 Å². The van der Waals surface area contributed by atoms with Crippen molar-refractivity contribution in [3.05, 3.63) is 43.3 Å². The number of aryl methyl sites for hydroxylation is 2. The van der Waals surface area contributed by atoms with Crippen LogP contribution in [0.5, 0.6) is 0 Å². The topological polar surface area (TPSA) is 38.9 Å². The SMILES string of the molecule is Cc1cc(Br)c(C2CCCc3nc(N)sc32)cc1Cl. The Morgan fingerprint density at radius 3 is 3.05 bits per heavy atom. The molecule has 0 spiro atoms. The Morgan fingerprint density at radius 2 is 2.26 bits per heavy atom. The second kappa shape index (κ2) is 5.08. The number of halogens is 2. The molecule has 2 N–H and O–H groups in total. The first-order valence-electron chi connectivity index (χ1n) is 6.27. The Morgan fingerprint density at radius 1 is 1.47 bits per heavy atom. The smallest absolute Gasteiger partial charge is 0.180 e. The van der Waals surface area contributed by atoms with Crippen LogP contribution < -0.4 is 5.73 Å². The fraction of sp³-hybridized carbons (Fsp3) is 0.357. The predicted octanol–water partition coefficient (Wildman–Crippen LogP) is 4.92. The fourth-order valence-corrected chi connectivity index (χ4v) is 4.60. The quantitative estimate of drug-likeness (QED) is 0.787. The number of fused-ring (bicyclic) bond motifs is 1. The zero-order valence-corrected chi connectivity index (χ0v) is 13.7. The highest BCUT2D eigenvalue weighted by Gasteiger charge is 2.27. The summed E-state index contributed by atoms with van der Waals surface area (Å²) in [4.78, 5) is 5.75. The van der Waals surface area contributed by atoms with Crippen LogP contribution in [0.3, 0.4) is 0 Å². The normalized spacial score (nSPS) is 18.4. The third-order valence-electron chi connectivity index (χ3n) is 3.62. The van der Waals surface area contributed by atoms with Gasteiger partial charge in [0, 0.05) is 20.3 Å². The number of nitrogens with zero attached hydrogens (tertiary/aromatic N) is 1. The second-order valence-corrected chi connectivity index (χ2v) is 7.25. The first kappa shape index (κ1) is 13.4. The van der Waals surface area contributed by atoms with Gasteiger partial charge in [-0.1, -0.05) is 27.5 Å². The van der Waals surface area contributed by atoms with Crippen LogP contribution in [-0.2, 0) is 6.42 Å². The van der Waals surface area contributed by atoms with Gasteiger partial charge in [-0.2, -0.15) is 0 Å². The van der Waals surface area contributed by atoms with Gasteiger partial charge in [0.2, 0.25) is 0 Å². The maximum atomic E-state index is 6.28. The monoisotopic (exact) mass is 356 g/mol. The van der Waals surface area contributed by atoms with Crippen molar-refractivity contribution in [1.82, 2.24) is 4.98 Å². The van der Waals surface area contributed by atoms with E-state index in [1.165, 1.54) is 16.1 Å². The van der Waals surface area contributed by atoms with Crippen LogP contribution in [0.1, 0.15) is 40.5 Å². The lowest BCUT2D eigenvalue weighted by Gasteiger charge is -2.23. The minimum Gasteiger partial charge on any atom is -0.375 e. The molecule has 3 rings (SSSR count). The molecule has 2 nitrogen and oxygen atoms in total. The molecule has 0 bridgehead atoms. The number of hydrogen-bond donors (Lipinski definition) is 1. The van der Waals surface area contributed by atoms with Crippen LogP contribution in [0.4, 0.5) is 5.13 Å². The van der Waals surface area contributed by atoms with E-state index in [9.17, 15) is 0 Å². The molecule has 1 aliphatic carbocycles. The number of hydrogen-bond acceptors (Lipinski definition) is 3. The van der Waals surface area contributed by atoms with Gasteiger partial charge < -0.3 is 5.73 Å². The molecule has 1 aromatic carbocycles.